The lowest BCUT2D eigenvalue weighted by atomic mass is 10.0. The van der Waals surface area contributed by atoms with Crippen LogP contribution in [-0.4, -0.2) is 28.0 Å². The molecule has 0 aliphatic heterocycles. The fourth-order valence-corrected chi connectivity index (χ4v) is 5.11. The van der Waals surface area contributed by atoms with Crippen LogP contribution in [0.3, 0.4) is 0 Å². The van der Waals surface area contributed by atoms with Crippen molar-refractivity contribution >= 4 is 38.6 Å². The molecule has 0 unspecified atom stereocenters. The number of alkyl halides is 6. The normalized spacial score (nSPS) is 13.9. The van der Waals surface area contributed by atoms with Gasteiger partial charge in [0.2, 0.25) is 5.95 Å². The summed E-state index contributed by atoms with van der Waals surface area (Å²) >= 11 is 3.28. The number of nitrogens with zero attached hydrogens (tertiary/aromatic N) is 5. The average Bonchev–Trinajstić information content (AvgIpc) is 3.75. The molecular weight excluding hydrogens is 624 g/mol. The second-order valence-corrected chi connectivity index (χ2v) is 11.4. The van der Waals surface area contributed by atoms with Crippen molar-refractivity contribution in [2.24, 2.45) is 5.92 Å². The summed E-state index contributed by atoms with van der Waals surface area (Å²) in [6, 6.07) is 11.2. The minimum absolute atomic E-state index is 0.108. The molecule has 5 rings (SSSR count). The number of hydrogen-bond acceptors (Lipinski definition) is 5. The number of fused-ring (bicyclic) bond motifs is 1. The molecule has 2 aromatic heterocycles. The molecule has 0 radical (unpaired) electrons. The van der Waals surface area contributed by atoms with Crippen LogP contribution in [0.15, 0.2) is 65.4 Å². The molecule has 4 aromatic rings. The fourth-order valence-electron chi connectivity index (χ4n) is 4.91. The van der Waals surface area contributed by atoms with Crippen LogP contribution in [0.5, 0.6) is 0 Å². The molecule has 2 aromatic carbocycles. The standard InChI is InChI=1S/C30H28BrF6N5/c1-2-9-41(16-19-7-8-19)27-22(12-21-5-3-4-6-26(21)40-27)18-42(28-38-14-25(31)15-39-28)17-20-10-23(29(32,33)34)13-24(11-20)30(35,36)37/h3-6,10-15,19H,2,7-9,16-18H2,1H3. The molecule has 222 valence electrons. The first-order valence-corrected chi connectivity index (χ1v) is 14.3. The van der Waals surface area contributed by atoms with Gasteiger partial charge < -0.3 is 9.80 Å². The van der Waals surface area contributed by atoms with Crippen LogP contribution in [0.4, 0.5) is 38.1 Å². The van der Waals surface area contributed by atoms with Gasteiger partial charge in [-0.05, 0) is 77.0 Å². The summed E-state index contributed by atoms with van der Waals surface area (Å²) in [6.45, 7) is 3.47. The molecule has 42 heavy (non-hydrogen) atoms. The van der Waals surface area contributed by atoms with E-state index in [-0.39, 0.29) is 30.7 Å². The Morgan fingerprint density at radius 1 is 0.857 bits per heavy atom. The lowest BCUT2D eigenvalue weighted by Crippen LogP contribution is -2.31. The number of para-hydroxylation sites is 1. The highest BCUT2D eigenvalue weighted by Gasteiger charge is 2.37. The van der Waals surface area contributed by atoms with Gasteiger partial charge in [-0.1, -0.05) is 25.1 Å². The van der Waals surface area contributed by atoms with E-state index in [1.165, 1.54) is 12.4 Å². The second kappa shape index (κ2) is 12.1. The molecule has 1 fully saturated rings. The Kier molecular flexibility index (Phi) is 8.63. The Hall–Kier alpha value is -3.41. The fraction of sp³-hybridized carbons (Fsp3) is 0.367. The van der Waals surface area contributed by atoms with Crippen LogP contribution in [0, 0.1) is 5.92 Å². The Balaban J connectivity index is 1.60. The van der Waals surface area contributed by atoms with Gasteiger partial charge in [0, 0.05) is 49.5 Å². The second-order valence-electron chi connectivity index (χ2n) is 10.5. The monoisotopic (exact) mass is 651 g/mol. The quantitative estimate of drug-likeness (QED) is 0.161. The van der Waals surface area contributed by atoms with Crippen LogP contribution in [0.1, 0.15) is 48.4 Å². The topological polar surface area (TPSA) is 45.2 Å². The summed E-state index contributed by atoms with van der Waals surface area (Å²) in [7, 11) is 0. The van der Waals surface area contributed by atoms with Crippen molar-refractivity contribution in [3.63, 3.8) is 0 Å². The maximum Gasteiger partial charge on any atom is 0.416 e. The summed E-state index contributed by atoms with van der Waals surface area (Å²) in [5.74, 6) is 1.46. The van der Waals surface area contributed by atoms with Gasteiger partial charge in [0.05, 0.1) is 21.1 Å². The largest absolute Gasteiger partial charge is 0.416 e. The Morgan fingerprint density at radius 3 is 2.10 bits per heavy atom. The molecule has 0 saturated heterocycles. The Morgan fingerprint density at radius 2 is 1.50 bits per heavy atom. The van der Waals surface area contributed by atoms with Gasteiger partial charge in [0.15, 0.2) is 0 Å². The van der Waals surface area contributed by atoms with Gasteiger partial charge in [0.25, 0.3) is 0 Å². The molecule has 0 bridgehead atoms. The number of hydrogen-bond donors (Lipinski definition) is 0. The maximum atomic E-state index is 13.6. The van der Waals surface area contributed by atoms with Gasteiger partial charge in [-0.15, -0.1) is 0 Å². The number of rotatable bonds is 10. The van der Waals surface area contributed by atoms with E-state index in [1.807, 2.05) is 30.3 Å². The van der Waals surface area contributed by atoms with E-state index in [4.69, 9.17) is 4.98 Å². The lowest BCUT2D eigenvalue weighted by Gasteiger charge is -2.29. The SMILES string of the molecule is CCCN(CC1CC1)c1nc2ccccc2cc1CN(Cc1cc(C(F)(F)F)cc(C(F)(F)F)c1)c1ncc(Br)cn1. The highest BCUT2D eigenvalue weighted by molar-refractivity contribution is 9.10. The minimum Gasteiger partial charge on any atom is -0.356 e. The third kappa shape index (κ3) is 7.32. The van der Waals surface area contributed by atoms with Crippen molar-refractivity contribution in [2.45, 2.75) is 51.6 Å². The number of anilines is 2. The summed E-state index contributed by atoms with van der Waals surface area (Å²) in [4.78, 5) is 17.5. The van der Waals surface area contributed by atoms with Crippen LogP contribution < -0.4 is 9.80 Å². The van der Waals surface area contributed by atoms with E-state index >= 15 is 0 Å². The molecule has 0 N–H and O–H groups in total. The zero-order chi connectivity index (χ0) is 30.1. The molecule has 0 spiro atoms. The highest BCUT2D eigenvalue weighted by atomic mass is 79.9. The van der Waals surface area contributed by atoms with Crippen LogP contribution in [-0.2, 0) is 25.4 Å². The number of aromatic nitrogens is 3. The van der Waals surface area contributed by atoms with Gasteiger partial charge in [-0.3, -0.25) is 0 Å². The van der Waals surface area contributed by atoms with Crippen molar-refractivity contribution in [3.8, 4) is 0 Å². The van der Waals surface area contributed by atoms with Crippen LogP contribution in [0.25, 0.3) is 10.9 Å². The lowest BCUT2D eigenvalue weighted by molar-refractivity contribution is -0.143. The van der Waals surface area contributed by atoms with Crippen LogP contribution in [0.2, 0.25) is 0 Å². The third-order valence-electron chi connectivity index (χ3n) is 7.02. The summed E-state index contributed by atoms with van der Waals surface area (Å²) in [6.07, 6.45) is -3.78. The molecule has 1 aliphatic rings. The van der Waals surface area contributed by atoms with Gasteiger partial charge >= 0.3 is 12.4 Å². The summed E-state index contributed by atoms with van der Waals surface area (Å²) < 4.78 is 82.4. The minimum atomic E-state index is -4.95. The van der Waals surface area contributed by atoms with Crippen molar-refractivity contribution in [1.82, 2.24) is 15.0 Å². The molecule has 1 saturated carbocycles. The molecular formula is C30H28BrF6N5. The summed E-state index contributed by atoms with van der Waals surface area (Å²) in [5, 5.41) is 0.870. The summed E-state index contributed by atoms with van der Waals surface area (Å²) in [5.41, 5.74) is -1.32. The van der Waals surface area contributed by atoms with E-state index in [9.17, 15) is 26.3 Å². The highest BCUT2D eigenvalue weighted by Crippen LogP contribution is 2.38. The first-order chi connectivity index (χ1) is 19.9. The molecule has 5 nitrogen and oxygen atoms in total. The third-order valence-corrected chi connectivity index (χ3v) is 7.43. The first kappa shape index (κ1) is 30.1. The van der Waals surface area contributed by atoms with E-state index in [0.29, 0.717) is 10.4 Å². The van der Waals surface area contributed by atoms with Gasteiger partial charge in [-0.25, -0.2) is 15.0 Å². The predicted octanol–water partition coefficient (Wildman–Crippen LogP) is 8.66. The first-order valence-electron chi connectivity index (χ1n) is 13.5. The Labute approximate surface area is 247 Å². The number of benzene rings is 2. The number of halogens is 7. The van der Waals surface area contributed by atoms with Crippen molar-refractivity contribution in [2.75, 3.05) is 22.9 Å². The smallest absolute Gasteiger partial charge is 0.356 e. The maximum absolute atomic E-state index is 13.6. The molecule has 12 heteroatoms. The van der Waals surface area contributed by atoms with Crippen molar-refractivity contribution < 1.29 is 26.3 Å². The van der Waals surface area contributed by atoms with E-state index in [1.54, 1.807) is 4.90 Å². The van der Waals surface area contributed by atoms with Gasteiger partial charge in [0.1, 0.15) is 5.82 Å². The van der Waals surface area contributed by atoms with E-state index < -0.39 is 23.5 Å². The zero-order valence-electron chi connectivity index (χ0n) is 22.7. The molecule has 0 atom stereocenters. The molecule has 1 aliphatic carbocycles. The Bertz CT molecular complexity index is 1500. The predicted molar refractivity (Wildman–Crippen MR) is 153 cm³/mol. The van der Waals surface area contributed by atoms with Crippen LogP contribution >= 0.6 is 15.9 Å². The number of pyridine rings is 1. The van der Waals surface area contributed by atoms with Gasteiger partial charge in [-0.2, -0.15) is 26.3 Å². The molecule has 0 amide bonds. The van der Waals surface area contributed by atoms with E-state index in [2.05, 4.69) is 37.7 Å². The van der Waals surface area contributed by atoms with Crippen molar-refractivity contribution in [1.29, 1.82) is 0 Å². The molecule has 2 heterocycles. The van der Waals surface area contributed by atoms with E-state index in [0.717, 1.165) is 66.8 Å². The average molecular weight is 652 g/mol. The van der Waals surface area contributed by atoms with Crippen molar-refractivity contribution in [3.05, 3.63) is 87.7 Å². The zero-order valence-corrected chi connectivity index (χ0v) is 24.3.